The van der Waals surface area contributed by atoms with Crippen LogP contribution in [-0.4, -0.2) is 32.2 Å². The van der Waals surface area contributed by atoms with E-state index in [1.807, 2.05) is 0 Å². The number of quaternary nitrogens is 1. The summed E-state index contributed by atoms with van der Waals surface area (Å²) < 4.78 is 1.07. The predicted molar refractivity (Wildman–Crippen MR) is 59.5 cm³/mol. The first-order valence-electron chi connectivity index (χ1n) is 2.36. The van der Waals surface area contributed by atoms with Gasteiger partial charge in [0.2, 0.25) is 0 Å². The molecule has 0 saturated carbocycles. The summed E-state index contributed by atoms with van der Waals surface area (Å²) in [6, 6.07) is 0. The molecule has 0 radical (unpaired) electrons. The van der Waals surface area contributed by atoms with Gasteiger partial charge in [-0.1, -0.05) is 0 Å². The van der Waals surface area contributed by atoms with Crippen LogP contribution in [0, 0.1) is 0 Å². The van der Waals surface area contributed by atoms with Gasteiger partial charge in [-0.15, -0.1) is 50.9 Å². The van der Waals surface area contributed by atoms with Gasteiger partial charge in [0, 0.05) is 0 Å². The van der Waals surface area contributed by atoms with E-state index in [1.165, 1.54) is 6.54 Å². The molecule has 0 aromatic rings. The van der Waals surface area contributed by atoms with Gasteiger partial charge in [0.05, 0.1) is 27.7 Å². The topological polar surface area (TPSA) is 0 Å². The van der Waals surface area contributed by atoms with Gasteiger partial charge in [0.1, 0.15) is 0 Å². The van der Waals surface area contributed by atoms with Crippen LogP contribution in [0.25, 0.3) is 0 Å². The number of halogens is 3. The Balaban J connectivity index is -0.0000000417. The zero-order chi connectivity index (χ0) is 5.21. The zero-order valence-electron chi connectivity index (χ0n) is 6.38. The van der Waals surface area contributed by atoms with Crippen LogP contribution in [0.5, 0.6) is 0 Å². The molecule has 0 heterocycles. The summed E-state index contributed by atoms with van der Waals surface area (Å²) in [5.74, 6) is 0. The molecule has 0 aliphatic rings. The van der Waals surface area contributed by atoms with Crippen molar-refractivity contribution in [3.8, 4) is 0 Å². The third kappa shape index (κ3) is 26.6. The summed E-state index contributed by atoms with van der Waals surface area (Å²) in [5.41, 5.74) is 0. The summed E-state index contributed by atoms with van der Waals surface area (Å²) in [4.78, 5) is 0. The highest BCUT2D eigenvalue weighted by Crippen LogP contribution is 1.83. The van der Waals surface area contributed by atoms with Crippen molar-refractivity contribution in [2.45, 2.75) is 6.92 Å². The van der Waals surface area contributed by atoms with E-state index in [0.717, 1.165) is 4.48 Å². The van der Waals surface area contributed by atoms with Gasteiger partial charge in [0.25, 0.3) is 0 Å². The van der Waals surface area contributed by atoms with Gasteiger partial charge in [-0.2, -0.15) is 0 Å². The summed E-state index contributed by atoms with van der Waals surface area (Å²) in [6.07, 6.45) is 0. The van der Waals surface area contributed by atoms with Crippen molar-refractivity contribution in [3.05, 3.63) is 0 Å². The van der Waals surface area contributed by atoms with Crippen LogP contribution in [0.2, 0.25) is 0 Å². The van der Waals surface area contributed by atoms with E-state index in [1.54, 1.807) is 0 Å². The predicted octanol–water partition coefficient (Wildman–Crippen LogP) is 2.45. The summed E-state index contributed by atoms with van der Waals surface area (Å²) >= 11 is 0. The van der Waals surface area contributed by atoms with Gasteiger partial charge in [-0.3, -0.25) is 0 Å². The fourth-order valence-electron chi connectivity index (χ4n) is 0. The first-order chi connectivity index (χ1) is 2.56. The highest BCUT2D eigenvalue weighted by atomic mass is 79.9. The van der Waals surface area contributed by atoms with Gasteiger partial charge in [0.15, 0.2) is 0 Å². The molecule has 0 rings (SSSR count). The maximum Gasteiger partial charge on any atom is 0.0751 e. The largest absolute Gasteiger partial charge is 0.331 e. The Labute approximate surface area is 89.7 Å². The molecular formula is C5H17Br3N+. The van der Waals surface area contributed by atoms with Crippen LogP contribution in [0.15, 0.2) is 0 Å². The second-order valence-electron chi connectivity index (χ2n) is 2.61. The van der Waals surface area contributed by atoms with Crippen molar-refractivity contribution >= 4 is 50.9 Å². The monoisotopic (exact) mass is 328 g/mol. The minimum Gasteiger partial charge on any atom is -0.331 e. The highest BCUT2D eigenvalue weighted by molar-refractivity contribution is 8.93. The molecule has 0 N–H and O–H groups in total. The maximum absolute atomic E-state index is 2.18. The number of nitrogens with zero attached hydrogens (tertiary/aromatic N) is 1. The summed E-state index contributed by atoms with van der Waals surface area (Å²) in [5, 5.41) is 0. The van der Waals surface area contributed by atoms with E-state index < -0.39 is 0 Å². The molecule has 0 bridgehead atoms. The fraction of sp³-hybridized carbons (Fsp3) is 1.00. The van der Waals surface area contributed by atoms with Crippen molar-refractivity contribution in [3.63, 3.8) is 0 Å². The van der Waals surface area contributed by atoms with Gasteiger partial charge >= 0.3 is 0 Å². The Kier molecular flexibility index (Phi) is 23.4. The van der Waals surface area contributed by atoms with Crippen LogP contribution in [0.3, 0.4) is 0 Å². The molecule has 0 atom stereocenters. The number of hydrogen-bond donors (Lipinski definition) is 0. The molecule has 0 aliphatic heterocycles. The van der Waals surface area contributed by atoms with E-state index in [-0.39, 0.29) is 50.9 Å². The molecule has 0 unspecified atom stereocenters. The standard InChI is InChI=1S/C5H14N.3BrH/c1-5-6(2,3)4;;;/h5H2,1-4H3;3*1H/q+1;;;. The Morgan fingerprint density at radius 1 is 0.889 bits per heavy atom. The Morgan fingerprint density at radius 2 is 1.00 bits per heavy atom. The normalized spacial score (nSPS) is 8.00. The van der Waals surface area contributed by atoms with Gasteiger partial charge in [-0.05, 0) is 6.92 Å². The first-order valence-corrected chi connectivity index (χ1v) is 2.36. The van der Waals surface area contributed by atoms with Crippen molar-refractivity contribution in [1.82, 2.24) is 0 Å². The molecule has 0 aromatic carbocycles. The van der Waals surface area contributed by atoms with E-state index in [9.17, 15) is 0 Å². The lowest BCUT2D eigenvalue weighted by molar-refractivity contribution is -0.868. The van der Waals surface area contributed by atoms with Crippen molar-refractivity contribution in [2.24, 2.45) is 0 Å². The van der Waals surface area contributed by atoms with E-state index in [4.69, 9.17) is 0 Å². The SMILES string of the molecule is Br.Br.Br.CC[N+](C)(C)C. The molecule has 0 saturated heterocycles. The quantitative estimate of drug-likeness (QED) is 0.648. The third-order valence-electron chi connectivity index (χ3n) is 0.949. The van der Waals surface area contributed by atoms with Crippen LogP contribution in [-0.2, 0) is 0 Å². The molecule has 9 heavy (non-hydrogen) atoms. The minimum atomic E-state index is 0. The molecule has 0 aromatic heterocycles. The Bertz CT molecular complexity index is 42.0. The van der Waals surface area contributed by atoms with Crippen molar-refractivity contribution < 1.29 is 4.48 Å². The van der Waals surface area contributed by atoms with Crippen LogP contribution < -0.4 is 0 Å². The second kappa shape index (κ2) is 9.40. The molecule has 0 amide bonds. The average molecular weight is 331 g/mol. The molecule has 0 spiro atoms. The first kappa shape index (κ1) is 22.4. The lowest BCUT2D eigenvalue weighted by atomic mass is 10.6. The second-order valence-corrected chi connectivity index (χ2v) is 2.61. The lowest BCUT2D eigenvalue weighted by Gasteiger charge is -2.20. The average Bonchev–Trinajstić information content (AvgIpc) is 1.35. The summed E-state index contributed by atoms with van der Waals surface area (Å²) in [7, 11) is 6.54. The fourth-order valence-corrected chi connectivity index (χ4v) is 0. The van der Waals surface area contributed by atoms with Crippen molar-refractivity contribution in [1.29, 1.82) is 0 Å². The van der Waals surface area contributed by atoms with Crippen LogP contribution in [0.4, 0.5) is 0 Å². The van der Waals surface area contributed by atoms with E-state index in [2.05, 4.69) is 28.1 Å². The smallest absolute Gasteiger partial charge is 0.0751 e. The minimum absolute atomic E-state index is 0. The Morgan fingerprint density at radius 3 is 1.00 bits per heavy atom. The van der Waals surface area contributed by atoms with E-state index in [0.29, 0.717) is 0 Å². The van der Waals surface area contributed by atoms with Gasteiger partial charge in [-0.25, -0.2) is 0 Å². The molecular weight excluding hydrogens is 314 g/mol. The number of rotatable bonds is 1. The lowest BCUT2D eigenvalue weighted by Crippen LogP contribution is -2.33. The molecule has 1 nitrogen and oxygen atoms in total. The molecule has 0 aliphatic carbocycles. The summed E-state index contributed by atoms with van der Waals surface area (Å²) in [6.45, 7) is 3.39. The van der Waals surface area contributed by atoms with Crippen LogP contribution >= 0.6 is 50.9 Å². The molecule has 62 valence electrons. The third-order valence-corrected chi connectivity index (χ3v) is 0.949. The Hall–Kier alpha value is 1.40. The molecule has 0 fully saturated rings. The zero-order valence-corrected chi connectivity index (χ0v) is 11.5. The highest BCUT2D eigenvalue weighted by Gasteiger charge is 1.97. The van der Waals surface area contributed by atoms with Crippen LogP contribution in [0.1, 0.15) is 6.92 Å². The number of hydrogen-bond acceptors (Lipinski definition) is 0. The van der Waals surface area contributed by atoms with Gasteiger partial charge < -0.3 is 4.48 Å². The van der Waals surface area contributed by atoms with E-state index >= 15 is 0 Å². The molecule has 4 heteroatoms. The maximum atomic E-state index is 2.18. The van der Waals surface area contributed by atoms with Crippen molar-refractivity contribution in [2.75, 3.05) is 27.7 Å².